The van der Waals surface area contributed by atoms with Crippen LogP contribution in [0.15, 0.2) is 15.7 Å². The van der Waals surface area contributed by atoms with Gasteiger partial charge in [0.05, 0.1) is 28.7 Å². The minimum atomic E-state index is -0.691. The van der Waals surface area contributed by atoms with Crippen LogP contribution >= 0.6 is 12.4 Å². The molecule has 8 nitrogen and oxygen atoms in total. The number of methoxy groups -OCH3 is 1. The first-order valence-electron chi connectivity index (χ1n) is 8.64. The Morgan fingerprint density at radius 2 is 1.93 bits per heavy atom. The normalized spacial score (nSPS) is 22.3. The van der Waals surface area contributed by atoms with Gasteiger partial charge in [0, 0.05) is 31.8 Å². The van der Waals surface area contributed by atoms with Crippen LogP contribution < -0.4 is 27.7 Å². The maximum absolute atomic E-state index is 15.0. The highest BCUT2D eigenvalue weighted by molar-refractivity contribution is 5.87. The molecule has 0 amide bonds. The van der Waals surface area contributed by atoms with Gasteiger partial charge in [-0.05, 0) is 25.8 Å². The number of benzene rings is 1. The predicted molar refractivity (Wildman–Crippen MR) is 104 cm³/mol. The van der Waals surface area contributed by atoms with Crippen molar-refractivity contribution in [3.63, 3.8) is 0 Å². The zero-order chi connectivity index (χ0) is 18.7. The molecule has 1 aliphatic heterocycles. The first-order valence-corrected chi connectivity index (χ1v) is 8.64. The van der Waals surface area contributed by atoms with E-state index in [0.717, 1.165) is 12.8 Å². The zero-order valence-electron chi connectivity index (χ0n) is 15.1. The lowest BCUT2D eigenvalue weighted by atomic mass is 10.1. The van der Waals surface area contributed by atoms with Gasteiger partial charge >= 0.3 is 5.69 Å². The minimum Gasteiger partial charge on any atom is -0.378 e. The summed E-state index contributed by atoms with van der Waals surface area (Å²) >= 11 is 0. The van der Waals surface area contributed by atoms with E-state index in [2.05, 4.69) is 0 Å². The highest BCUT2D eigenvalue weighted by Crippen LogP contribution is 2.38. The lowest BCUT2D eigenvalue weighted by Gasteiger charge is -2.24. The molecule has 1 aromatic heterocycles. The number of fused-ring (bicyclic) bond motifs is 1. The summed E-state index contributed by atoms with van der Waals surface area (Å²) in [6, 6.07) is 0.926. The van der Waals surface area contributed by atoms with Gasteiger partial charge in [0.2, 0.25) is 0 Å². The van der Waals surface area contributed by atoms with Crippen LogP contribution in [0, 0.1) is 12.7 Å². The van der Waals surface area contributed by atoms with Crippen LogP contribution in [-0.4, -0.2) is 41.6 Å². The van der Waals surface area contributed by atoms with E-state index in [9.17, 15) is 14.0 Å². The molecule has 1 aliphatic carbocycles. The first-order chi connectivity index (χ1) is 12.3. The fourth-order valence-electron chi connectivity index (χ4n) is 3.95. The Morgan fingerprint density at radius 3 is 2.48 bits per heavy atom. The molecular formula is C17H23ClFN5O3. The van der Waals surface area contributed by atoms with Crippen LogP contribution in [0.25, 0.3) is 10.9 Å². The minimum absolute atomic E-state index is 0. The van der Waals surface area contributed by atoms with Crippen molar-refractivity contribution in [2.75, 3.05) is 30.9 Å². The van der Waals surface area contributed by atoms with E-state index < -0.39 is 17.1 Å². The molecule has 4 N–H and O–H groups in total. The number of halogens is 2. The standard InChI is InChI=1S/C17H22FN5O3.ClH/c1-8-14-10(16(24)23(20)17(25)22(14)9-3-4-9)5-11(18)15(8)21-6-12(19)13(7-21)26-2;/h5,9,12-13H,3-4,6-7,19-20H2,1-2H3;1H. The highest BCUT2D eigenvalue weighted by atomic mass is 35.5. The first kappa shape index (κ1) is 19.7. The quantitative estimate of drug-likeness (QED) is 0.716. The number of hydrogen-bond donors (Lipinski definition) is 2. The summed E-state index contributed by atoms with van der Waals surface area (Å²) in [5, 5.41) is 0.115. The molecule has 1 saturated carbocycles. The number of nitrogens with zero attached hydrogens (tertiary/aromatic N) is 3. The van der Waals surface area contributed by atoms with Crippen LogP contribution in [0.2, 0.25) is 0 Å². The Morgan fingerprint density at radius 1 is 1.26 bits per heavy atom. The highest BCUT2D eigenvalue weighted by Gasteiger charge is 2.35. The van der Waals surface area contributed by atoms with E-state index in [0.29, 0.717) is 34.5 Å². The van der Waals surface area contributed by atoms with Gasteiger partial charge < -0.3 is 21.2 Å². The van der Waals surface area contributed by atoms with E-state index in [4.69, 9.17) is 16.3 Å². The van der Waals surface area contributed by atoms with Crippen molar-refractivity contribution >= 4 is 29.0 Å². The summed E-state index contributed by atoms with van der Waals surface area (Å²) in [7, 11) is 1.58. The molecule has 0 radical (unpaired) electrons. The van der Waals surface area contributed by atoms with Crippen molar-refractivity contribution in [2.45, 2.75) is 38.0 Å². The summed E-state index contributed by atoms with van der Waals surface area (Å²) < 4.78 is 22.4. The smallest absolute Gasteiger partial charge is 0.350 e. The maximum atomic E-state index is 15.0. The third-order valence-corrected chi connectivity index (χ3v) is 5.41. The largest absolute Gasteiger partial charge is 0.378 e. The van der Waals surface area contributed by atoms with Gasteiger partial charge in [-0.15, -0.1) is 12.4 Å². The van der Waals surface area contributed by atoms with E-state index in [1.165, 1.54) is 10.6 Å². The van der Waals surface area contributed by atoms with Gasteiger partial charge in [0.1, 0.15) is 5.82 Å². The fraction of sp³-hybridized carbons (Fsp3) is 0.529. The molecule has 148 valence electrons. The van der Waals surface area contributed by atoms with Crippen molar-refractivity contribution in [2.24, 2.45) is 5.73 Å². The average Bonchev–Trinajstić information content (AvgIpc) is 3.37. The van der Waals surface area contributed by atoms with E-state index in [1.54, 1.807) is 14.0 Å². The molecule has 1 saturated heterocycles. The molecule has 2 aromatic rings. The van der Waals surface area contributed by atoms with Crippen LogP contribution in [0.3, 0.4) is 0 Å². The van der Waals surface area contributed by atoms with Gasteiger partial charge in [0.15, 0.2) is 0 Å². The van der Waals surface area contributed by atoms with Crippen molar-refractivity contribution in [3.05, 3.63) is 38.3 Å². The monoisotopic (exact) mass is 399 g/mol. The van der Waals surface area contributed by atoms with Crippen molar-refractivity contribution in [1.82, 2.24) is 9.24 Å². The Bertz CT molecular complexity index is 1020. The molecule has 2 unspecified atom stereocenters. The molecule has 10 heteroatoms. The van der Waals surface area contributed by atoms with Gasteiger partial charge in [-0.25, -0.2) is 9.18 Å². The third kappa shape index (κ3) is 2.90. The van der Waals surface area contributed by atoms with Crippen molar-refractivity contribution in [1.29, 1.82) is 0 Å². The van der Waals surface area contributed by atoms with E-state index in [1.807, 2.05) is 4.90 Å². The van der Waals surface area contributed by atoms with Crippen LogP contribution in [-0.2, 0) is 4.74 Å². The van der Waals surface area contributed by atoms with Gasteiger partial charge in [-0.3, -0.25) is 9.36 Å². The molecule has 2 heterocycles. The van der Waals surface area contributed by atoms with Gasteiger partial charge in [-0.2, -0.15) is 4.68 Å². The molecule has 2 atom stereocenters. The molecular weight excluding hydrogens is 377 g/mol. The summed E-state index contributed by atoms with van der Waals surface area (Å²) in [6.07, 6.45) is 1.46. The molecule has 0 bridgehead atoms. The van der Waals surface area contributed by atoms with E-state index >= 15 is 0 Å². The Kier molecular flexibility index (Phi) is 4.96. The lowest BCUT2D eigenvalue weighted by molar-refractivity contribution is 0.108. The maximum Gasteiger partial charge on any atom is 0.350 e. The number of hydrogen-bond acceptors (Lipinski definition) is 6. The van der Waals surface area contributed by atoms with E-state index in [-0.39, 0.29) is 36.0 Å². The number of aryl methyl sites for hydroxylation is 1. The van der Waals surface area contributed by atoms with Crippen molar-refractivity contribution in [3.8, 4) is 0 Å². The lowest BCUT2D eigenvalue weighted by Crippen LogP contribution is -2.44. The number of aromatic nitrogens is 2. The molecule has 1 aromatic carbocycles. The summed E-state index contributed by atoms with van der Waals surface area (Å²) in [5.74, 6) is 5.10. The van der Waals surface area contributed by atoms with Crippen LogP contribution in [0.4, 0.5) is 10.1 Å². The van der Waals surface area contributed by atoms with Crippen LogP contribution in [0.5, 0.6) is 0 Å². The Balaban J connectivity index is 0.00000210. The number of nitrogen functional groups attached to an aromatic ring is 1. The summed E-state index contributed by atoms with van der Waals surface area (Å²) in [4.78, 5) is 26.8. The molecule has 27 heavy (non-hydrogen) atoms. The molecule has 4 rings (SSSR count). The third-order valence-electron chi connectivity index (χ3n) is 5.41. The topological polar surface area (TPSA) is 109 Å². The second-order valence-corrected chi connectivity index (χ2v) is 7.13. The number of anilines is 1. The molecule has 0 spiro atoms. The number of ether oxygens (including phenoxy) is 1. The predicted octanol–water partition coefficient (Wildman–Crippen LogP) is 0.244. The zero-order valence-corrected chi connectivity index (χ0v) is 16.0. The van der Waals surface area contributed by atoms with Crippen molar-refractivity contribution < 1.29 is 9.13 Å². The fourth-order valence-corrected chi connectivity index (χ4v) is 3.95. The Labute approximate surface area is 160 Å². The SMILES string of the molecule is COC1CN(c2c(F)cc3c(=O)n(N)c(=O)n(C4CC4)c3c2C)CC1N.Cl. The number of nitrogens with two attached hydrogens (primary N) is 2. The van der Waals surface area contributed by atoms with Gasteiger partial charge in [0.25, 0.3) is 5.56 Å². The summed E-state index contributed by atoms with van der Waals surface area (Å²) in [6.45, 7) is 2.61. The number of rotatable bonds is 3. The molecule has 2 fully saturated rings. The van der Waals surface area contributed by atoms with Crippen LogP contribution in [0.1, 0.15) is 24.4 Å². The average molecular weight is 400 g/mol. The summed E-state index contributed by atoms with van der Waals surface area (Å²) in [5.41, 5.74) is 6.17. The Hall–Kier alpha value is -2.10. The second-order valence-electron chi connectivity index (χ2n) is 7.13. The second kappa shape index (κ2) is 6.81. The van der Waals surface area contributed by atoms with Gasteiger partial charge in [-0.1, -0.05) is 0 Å². The molecule has 2 aliphatic rings.